The van der Waals surface area contributed by atoms with Gasteiger partial charge in [0.25, 0.3) is 5.91 Å². The van der Waals surface area contributed by atoms with E-state index < -0.39 is 0 Å². The lowest BCUT2D eigenvalue weighted by molar-refractivity contribution is 0.0829. The van der Waals surface area contributed by atoms with Crippen LogP contribution in [0.4, 0.5) is 0 Å². The number of aromatic nitrogens is 1. The van der Waals surface area contributed by atoms with E-state index in [0.717, 1.165) is 48.2 Å². The van der Waals surface area contributed by atoms with Crippen LogP contribution in [0.5, 0.6) is 0 Å². The highest BCUT2D eigenvalue weighted by molar-refractivity contribution is 6.15. The molecule has 5 heteroatoms. The lowest BCUT2D eigenvalue weighted by Crippen LogP contribution is -2.49. The lowest BCUT2D eigenvalue weighted by Gasteiger charge is -2.32. The zero-order valence-electron chi connectivity index (χ0n) is 14.1. The summed E-state index contributed by atoms with van der Waals surface area (Å²) in [5, 5.41) is 8.07. The molecule has 2 heterocycles. The molecule has 0 radical (unpaired) electrons. The Morgan fingerprint density at radius 2 is 1.71 bits per heavy atom. The molecular formula is C19H22N4O. The minimum atomic E-state index is 0.0415. The van der Waals surface area contributed by atoms with Crippen molar-refractivity contribution in [2.45, 2.75) is 0 Å². The van der Waals surface area contributed by atoms with E-state index in [1.807, 2.05) is 12.1 Å². The molecule has 0 bridgehead atoms. The second kappa shape index (κ2) is 5.83. The van der Waals surface area contributed by atoms with Crippen molar-refractivity contribution in [2.24, 2.45) is 0 Å². The molecule has 0 atom stereocenters. The Bertz CT molecular complexity index is 906. The SMILES string of the molecule is CN(C)C(=O)c1cccc2c3ccccc3n(N3CCNCC3)c12. The topological polar surface area (TPSA) is 40.5 Å². The first-order valence-corrected chi connectivity index (χ1v) is 8.38. The van der Waals surface area contributed by atoms with E-state index in [4.69, 9.17) is 0 Å². The van der Waals surface area contributed by atoms with Gasteiger partial charge in [0.2, 0.25) is 0 Å². The molecule has 1 aliphatic heterocycles. The molecule has 1 N–H and O–H groups in total. The number of benzene rings is 2. The van der Waals surface area contributed by atoms with Crippen molar-refractivity contribution in [3.8, 4) is 0 Å². The molecule has 24 heavy (non-hydrogen) atoms. The van der Waals surface area contributed by atoms with Gasteiger partial charge < -0.3 is 15.2 Å². The summed E-state index contributed by atoms with van der Waals surface area (Å²) < 4.78 is 2.25. The van der Waals surface area contributed by atoms with Gasteiger partial charge in [-0.05, 0) is 12.1 Å². The fourth-order valence-electron chi connectivity index (χ4n) is 3.56. The Kier molecular flexibility index (Phi) is 3.65. The minimum Gasteiger partial charge on any atom is -0.345 e. The monoisotopic (exact) mass is 322 g/mol. The number of hydrogen-bond acceptors (Lipinski definition) is 3. The Morgan fingerprint density at radius 3 is 2.46 bits per heavy atom. The van der Waals surface area contributed by atoms with E-state index in [-0.39, 0.29) is 5.91 Å². The maximum atomic E-state index is 12.8. The van der Waals surface area contributed by atoms with Crippen molar-refractivity contribution in [2.75, 3.05) is 45.3 Å². The molecule has 4 rings (SSSR count). The zero-order chi connectivity index (χ0) is 16.7. The summed E-state index contributed by atoms with van der Waals surface area (Å²) in [5.74, 6) is 0.0415. The van der Waals surface area contributed by atoms with Crippen molar-refractivity contribution in [1.82, 2.24) is 14.9 Å². The highest BCUT2D eigenvalue weighted by atomic mass is 16.2. The summed E-state index contributed by atoms with van der Waals surface area (Å²) in [6.45, 7) is 3.77. The summed E-state index contributed by atoms with van der Waals surface area (Å²) in [5.41, 5.74) is 2.93. The van der Waals surface area contributed by atoms with E-state index >= 15 is 0 Å². The van der Waals surface area contributed by atoms with Crippen molar-refractivity contribution in [1.29, 1.82) is 0 Å². The van der Waals surface area contributed by atoms with E-state index in [1.165, 1.54) is 5.39 Å². The first kappa shape index (κ1) is 15.0. The molecule has 0 aliphatic carbocycles. The second-order valence-corrected chi connectivity index (χ2v) is 6.43. The third kappa shape index (κ3) is 2.24. The number of rotatable bonds is 2. The van der Waals surface area contributed by atoms with Gasteiger partial charge in [-0.25, -0.2) is 0 Å². The standard InChI is InChI=1S/C19H22N4O/c1-21(2)19(24)16-8-5-7-15-14-6-3-4-9-17(14)23(18(15)16)22-12-10-20-11-13-22/h3-9,20H,10-13H2,1-2H3. The van der Waals surface area contributed by atoms with Crippen LogP contribution in [0.2, 0.25) is 0 Å². The van der Waals surface area contributed by atoms with Gasteiger partial charge in [0.05, 0.1) is 16.6 Å². The highest BCUT2D eigenvalue weighted by Gasteiger charge is 2.22. The molecule has 124 valence electrons. The number of carbonyl (C=O) groups is 1. The fourth-order valence-corrected chi connectivity index (χ4v) is 3.56. The van der Waals surface area contributed by atoms with Crippen LogP contribution < -0.4 is 10.3 Å². The van der Waals surface area contributed by atoms with Gasteiger partial charge in [0.15, 0.2) is 0 Å². The largest absolute Gasteiger partial charge is 0.345 e. The van der Waals surface area contributed by atoms with E-state index in [1.54, 1.807) is 19.0 Å². The van der Waals surface area contributed by atoms with Gasteiger partial charge in [0.1, 0.15) is 0 Å². The zero-order valence-corrected chi connectivity index (χ0v) is 14.1. The number of para-hydroxylation sites is 2. The minimum absolute atomic E-state index is 0.0415. The van der Waals surface area contributed by atoms with E-state index in [9.17, 15) is 4.79 Å². The van der Waals surface area contributed by atoms with Gasteiger partial charge in [-0.3, -0.25) is 9.47 Å². The molecule has 1 fully saturated rings. The number of hydrogen-bond donors (Lipinski definition) is 1. The van der Waals surface area contributed by atoms with Gasteiger partial charge in [-0.2, -0.15) is 0 Å². The van der Waals surface area contributed by atoms with Gasteiger partial charge in [-0.1, -0.05) is 30.3 Å². The Hall–Kier alpha value is -2.53. The highest BCUT2D eigenvalue weighted by Crippen LogP contribution is 2.32. The molecule has 5 nitrogen and oxygen atoms in total. The fraction of sp³-hybridized carbons (Fsp3) is 0.316. The molecule has 0 spiro atoms. The molecule has 3 aromatic rings. The van der Waals surface area contributed by atoms with Crippen LogP contribution >= 0.6 is 0 Å². The number of fused-ring (bicyclic) bond motifs is 3. The summed E-state index contributed by atoms with van der Waals surface area (Å²) in [6, 6.07) is 14.4. The van der Waals surface area contributed by atoms with Crippen molar-refractivity contribution >= 4 is 27.7 Å². The summed E-state index contributed by atoms with van der Waals surface area (Å²) in [7, 11) is 3.61. The molecule has 0 unspecified atom stereocenters. The quantitative estimate of drug-likeness (QED) is 0.785. The number of piperazine rings is 1. The summed E-state index contributed by atoms with van der Waals surface area (Å²) in [6.07, 6.45) is 0. The normalized spacial score (nSPS) is 15.2. The predicted molar refractivity (Wildman–Crippen MR) is 98.3 cm³/mol. The summed E-state index contributed by atoms with van der Waals surface area (Å²) >= 11 is 0. The molecule has 1 aliphatic rings. The van der Waals surface area contributed by atoms with Crippen molar-refractivity contribution < 1.29 is 4.79 Å². The van der Waals surface area contributed by atoms with Gasteiger partial charge >= 0.3 is 0 Å². The van der Waals surface area contributed by atoms with Crippen LogP contribution in [0.1, 0.15) is 10.4 Å². The van der Waals surface area contributed by atoms with E-state index in [0.29, 0.717) is 0 Å². The van der Waals surface area contributed by atoms with Gasteiger partial charge in [-0.15, -0.1) is 0 Å². The molecule has 1 aromatic heterocycles. The Morgan fingerprint density at radius 1 is 1.00 bits per heavy atom. The van der Waals surface area contributed by atoms with Crippen LogP contribution in [0, 0.1) is 0 Å². The molecule has 1 amide bonds. The van der Waals surface area contributed by atoms with Crippen molar-refractivity contribution in [3.63, 3.8) is 0 Å². The third-order valence-corrected chi connectivity index (χ3v) is 4.68. The van der Waals surface area contributed by atoms with Gasteiger partial charge in [0, 0.05) is 51.0 Å². The molecular weight excluding hydrogens is 300 g/mol. The average Bonchev–Trinajstić information content (AvgIpc) is 2.96. The predicted octanol–water partition coefficient (Wildman–Crippen LogP) is 2.04. The summed E-state index contributed by atoms with van der Waals surface area (Å²) in [4.78, 5) is 14.4. The van der Waals surface area contributed by atoms with Crippen molar-refractivity contribution in [3.05, 3.63) is 48.0 Å². The molecule has 0 saturated carbocycles. The number of carbonyl (C=O) groups excluding carboxylic acids is 1. The first-order chi connectivity index (χ1) is 11.7. The second-order valence-electron chi connectivity index (χ2n) is 6.43. The third-order valence-electron chi connectivity index (χ3n) is 4.68. The van der Waals surface area contributed by atoms with Crippen LogP contribution in [-0.2, 0) is 0 Å². The van der Waals surface area contributed by atoms with Crippen LogP contribution in [0.3, 0.4) is 0 Å². The molecule has 1 saturated heterocycles. The number of nitrogens with one attached hydrogen (secondary N) is 1. The maximum absolute atomic E-state index is 12.8. The Balaban J connectivity index is 2.07. The first-order valence-electron chi connectivity index (χ1n) is 8.38. The Labute approximate surface area is 141 Å². The lowest BCUT2D eigenvalue weighted by atomic mass is 10.1. The average molecular weight is 322 g/mol. The molecule has 2 aromatic carbocycles. The number of amides is 1. The van der Waals surface area contributed by atoms with E-state index in [2.05, 4.69) is 45.3 Å². The number of nitrogens with zero attached hydrogens (tertiary/aromatic N) is 3. The maximum Gasteiger partial charge on any atom is 0.255 e. The smallest absolute Gasteiger partial charge is 0.255 e. The van der Waals surface area contributed by atoms with Crippen LogP contribution in [0.25, 0.3) is 21.8 Å². The van der Waals surface area contributed by atoms with Crippen LogP contribution in [-0.4, -0.2) is 55.8 Å². The van der Waals surface area contributed by atoms with Crippen LogP contribution in [0.15, 0.2) is 42.5 Å².